The highest BCUT2D eigenvalue weighted by molar-refractivity contribution is 5.81. The van der Waals surface area contributed by atoms with Gasteiger partial charge in [-0.2, -0.15) is 0 Å². The number of nitrogens with zero attached hydrogens (tertiary/aromatic N) is 4. The quantitative estimate of drug-likeness (QED) is 0.488. The monoisotopic (exact) mass is 436 g/mol. The molecule has 174 valence electrons. The molecule has 0 radical (unpaired) electrons. The van der Waals surface area contributed by atoms with Crippen molar-refractivity contribution in [2.24, 2.45) is 11.8 Å². The summed E-state index contributed by atoms with van der Waals surface area (Å²) in [6, 6.07) is 6.85. The molecule has 2 fully saturated rings. The minimum atomic E-state index is -0.0263. The standard InChI is InChI=1S/C27H40N4O/c1-17(2)11-20-13-22(14-20)26-28-29-27(31(26)23-9-10-23)25(30(5)6)16-24(32)15-21-8-7-18(3)12-19(21)4/h7-8,12,17,20,22-23,25H,9-11,13-16H2,1-6H3/t20?,22?,25-/m0/s1. The van der Waals surface area contributed by atoms with Crippen LogP contribution < -0.4 is 0 Å². The molecule has 2 aromatic rings. The second kappa shape index (κ2) is 9.46. The van der Waals surface area contributed by atoms with Crippen LogP contribution in [0, 0.1) is 25.7 Å². The Morgan fingerprint density at radius 3 is 2.47 bits per heavy atom. The molecular formula is C27H40N4O. The molecule has 2 aliphatic rings. The van der Waals surface area contributed by atoms with E-state index < -0.39 is 0 Å². The van der Waals surface area contributed by atoms with Crippen LogP contribution in [0.5, 0.6) is 0 Å². The first-order valence-electron chi connectivity index (χ1n) is 12.4. The molecule has 0 aliphatic heterocycles. The van der Waals surface area contributed by atoms with Gasteiger partial charge in [-0.3, -0.25) is 9.69 Å². The highest BCUT2D eigenvalue weighted by Crippen LogP contribution is 2.47. The predicted octanol–water partition coefficient (Wildman–Crippen LogP) is 5.57. The molecule has 0 unspecified atom stereocenters. The Morgan fingerprint density at radius 2 is 1.88 bits per heavy atom. The molecule has 0 saturated heterocycles. The number of Topliss-reactive ketones (excluding diaryl/α,β-unsaturated/α-hetero) is 1. The first kappa shape index (κ1) is 23.2. The average molecular weight is 437 g/mol. The van der Waals surface area contributed by atoms with Crippen LogP contribution in [-0.2, 0) is 11.2 Å². The van der Waals surface area contributed by atoms with Crippen LogP contribution in [-0.4, -0.2) is 39.5 Å². The molecule has 0 amide bonds. The van der Waals surface area contributed by atoms with Crippen molar-refractivity contribution in [1.82, 2.24) is 19.7 Å². The molecule has 0 bridgehead atoms. The Balaban J connectivity index is 1.50. The zero-order valence-corrected chi connectivity index (χ0v) is 20.8. The SMILES string of the molecule is Cc1ccc(CC(=O)C[C@@H](c2nnc(C3CC(CC(C)C)C3)n2C2CC2)N(C)C)c(C)c1. The summed E-state index contributed by atoms with van der Waals surface area (Å²) in [7, 11) is 4.12. The van der Waals surface area contributed by atoms with E-state index >= 15 is 0 Å². The van der Waals surface area contributed by atoms with Crippen LogP contribution >= 0.6 is 0 Å². The van der Waals surface area contributed by atoms with E-state index in [1.54, 1.807) is 0 Å². The zero-order valence-electron chi connectivity index (χ0n) is 20.8. The lowest BCUT2D eigenvalue weighted by Gasteiger charge is -2.36. The minimum absolute atomic E-state index is 0.0263. The van der Waals surface area contributed by atoms with Crippen molar-refractivity contribution in [3.05, 3.63) is 46.5 Å². The molecule has 0 spiro atoms. The van der Waals surface area contributed by atoms with Crippen LogP contribution in [0.4, 0.5) is 0 Å². The molecule has 5 heteroatoms. The largest absolute Gasteiger partial charge is 0.310 e. The van der Waals surface area contributed by atoms with E-state index in [2.05, 4.69) is 69.5 Å². The second-order valence-electron chi connectivity index (χ2n) is 11.0. The zero-order chi connectivity index (χ0) is 23.0. The lowest BCUT2D eigenvalue weighted by Crippen LogP contribution is -2.29. The van der Waals surface area contributed by atoms with Crippen LogP contribution in [0.15, 0.2) is 18.2 Å². The fraction of sp³-hybridized carbons (Fsp3) is 0.667. The maximum absolute atomic E-state index is 13.1. The van der Waals surface area contributed by atoms with E-state index in [4.69, 9.17) is 10.2 Å². The van der Waals surface area contributed by atoms with E-state index in [1.165, 1.54) is 49.1 Å². The number of rotatable bonds is 10. The van der Waals surface area contributed by atoms with E-state index in [9.17, 15) is 4.79 Å². The molecule has 1 heterocycles. The summed E-state index contributed by atoms with van der Waals surface area (Å²) in [4.78, 5) is 15.3. The number of hydrogen-bond donors (Lipinski definition) is 0. The van der Waals surface area contributed by atoms with E-state index in [0.29, 0.717) is 24.8 Å². The lowest BCUT2D eigenvalue weighted by molar-refractivity contribution is -0.119. The van der Waals surface area contributed by atoms with Gasteiger partial charge < -0.3 is 4.57 Å². The number of aromatic nitrogens is 3. The lowest BCUT2D eigenvalue weighted by atomic mass is 9.71. The van der Waals surface area contributed by atoms with Gasteiger partial charge in [0.2, 0.25) is 0 Å². The molecule has 1 atom stereocenters. The molecule has 32 heavy (non-hydrogen) atoms. The fourth-order valence-electron chi connectivity index (χ4n) is 5.38. The van der Waals surface area contributed by atoms with E-state index in [1.807, 2.05) is 0 Å². The molecule has 4 rings (SSSR count). The summed E-state index contributed by atoms with van der Waals surface area (Å²) in [5.41, 5.74) is 3.57. The summed E-state index contributed by atoms with van der Waals surface area (Å²) in [6.07, 6.45) is 7.16. The summed E-state index contributed by atoms with van der Waals surface area (Å²) in [5, 5.41) is 9.40. The maximum atomic E-state index is 13.1. The highest BCUT2D eigenvalue weighted by atomic mass is 16.1. The highest BCUT2D eigenvalue weighted by Gasteiger charge is 2.40. The molecule has 1 aromatic carbocycles. The van der Waals surface area contributed by atoms with Gasteiger partial charge >= 0.3 is 0 Å². The summed E-state index contributed by atoms with van der Waals surface area (Å²) in [5.74, 6) is 4.57. The third-order valence-electron chi connectivity index (χ3n) is 7.29. The van der Waals surface area contributed by atoms with Gasteiger partial charge in [-0.25, -0.2) is 0 Å². The average Bonchev–Trinajstić information content (AvgIpc) is 3.43. The predicted molar refractivity (Wildman–Crippen MR) is 129 cm³/mol. The summed E-state index contributed by atoms with van der Waals surface area (Å²) >= 11 is 0. The second-order valence-corrected chi connectivity index (χ2v) is 11.0. The van der Waals surface area contributed by atoms with Gasteiger partial charge in [-0.15, -0.1) is 10.2 Å². The van der Waals surface area contributed by atoms with E-state index in [-0.39, 0.29) is 11.8 Å². The Hall–Kier alpha value is -2.01. The van der Waals surface area contributed by atoms with Crippen molar-refractivity contribution in [3.8, 4) is 0 Å². The molecule has 2 aliphatic carbocycles. The summed E-state index contributed by atoms with van der Waals surface area (Å²) < 4.78 is 2.42. The first-order valence-corrected chi connectivity index (χ1v) is 12.4. The Labute approximate surface area is 193 Å². The number of hydrogen-bond acceptors (Lipinski definition) is 4. The number of carbonyl (C=O) groups excluding carboxylic acids is 1. The topological polar surface area (TPSA) is 51.0 Å². The van der Waals surface area contributed by atoms with Crippen molar-refractivity contribution < 1.29 is 4.79 Å². The van der Waals surface area contributed by atoms with Crippen LogP contribution in [0.3, 0.4) is 0 Å². The Morgan fingerprint density at radius 1 is 1.16 bits per heavy atom. The van der Waals surface area contributed by atoms with Crippen molar-refractivity contribution in [2.45, 2.75) is 90.6 Å². The third-order valence-corrected chi connectivity index (χ3v) is 7.29. The Bertz CT molecular complexity index is 951. The minimum Gasteiger partial charge on any atom is -0.310 e. The normalized spacial score (nSPS) is 21.8. The Kier molecular flexibility index (Phi) is 6.85. The molecular weight excluding hydrogens is 396 g/mol. The van der Waals surface area contributed by atoms with Gasteiger partial charge in [-0.1, -0.05) is 37.6 Å². The third kappa shape index (κ3) is 5.14. The molecule has 5 nitrogen and oxygen atoms in total. The fourth-order valence-corrected chi connectivity index (χ4v) is 5.38. The van der Waals surface area contributed by atoms with Gasteiger partial charge in [0, 0.05) is 24.8 Å². The summed E-state index contributed by atoms with van der Waals surface area (Å²) in [6.45, 7) is 8.82. The number of benzene rings is 1. The molecule has 0 N–H and O–H groups in total. The van der Waals surface area contributed by atoms with E-state index in [0.717, 1.165) is 23.2 Å². The van der Waals surface area contributed by atoms with Gasteiger partial charge in [0.25, 0.3) is 0 Å². The molecule has 1 aromatic heterocycles. The van der Waals surface area contributed by atoms with Crippen LogP contribution in [0.1, 0.15) is 98.7 Å². The van der Waals surface area contributed by atoms with Crippen molar-refractivity contribution >= 4 is 5.78 Å². The first-order chi connectivity index (χ1) is 15.2. The van der Waals surface area contributed by atoms with Gasteiger partial charge in [0.15, 0.2) is 5.82 Å². The van der Waals surface area contributed by atoms with Crippen molar-refractivity contribution in [1.29, 1.82) is 0 Å². The smallest absolute Gasteiger partial charge is 0.151 e. The van der Waals surface area contributed by atoms with Gasteiger partial charge in [0.1, 0.15) is 11.6 Å². The number of aryl methyl sites for hydroxylation is 2. The van der Waals surface area contributed by atoms with Crippen molar-refractivity contribution in [2.75, 3.05) is 14.1 Å². The number of carbonyl (C=O) groups is 1. The maximum Gasteiger partial charge on any atom is 0.151 e. The van der Waals surface area contributed by atoms with Gasteiger partial charge in [0.05, 0.1) is 6.04 Å². The number of ketones is 1. The van der Waals surface area contributed by atoms with Crippen LogP contribution in [0.25, 0.3) is 0 Å². The van der Waals surface area contributed by atoms with Gasteiger partial charge in [-0.05, 0) is 83.0 Å². The van der Waals surface area contributed by atoms with Crippen molar-refractivity contribution in [3.63, 3.8) is 0 Å². The van der Waals surface area contributed by atoms with Crippen LogP contribution in [0.2, 0.25) is 0 Å². The molecule has 2 saturated carbocycles.